The Bertz CT molecular complexity index is 1350. The molecule has 0 bridgehead atoms. The average molecular weight is 440 g/mol. The molecule has 2 heterocycles. The number of hydrogen-bond acceptors (Lipinski definition) is 9. The number of aromatic hydroxyl groups is 2. The van der Waals surface area contributed by atoms with Crippen LogP contribution in [0.3, 0.4) is 0 Å². The summed E-state index contributed by atoms with van der Waals surface area (Å²) >= 11 is 0. The van der Waals surface area contributed by atoms with E-state index in [0.717, 1.165) is 0 Å². The Morgan fingerprint density at radius 2 is 1.56 bits per heavy atom. The van der Waals surface area contributed by atoms with Gasteiger partial charge in [-0.05, 0) is 29.8 Å². The zero-order valence-corrected chi connectivity index (χ0v) is 17.7. The fraction of sp³-hybridized carbons (Fsp3) is 0.182. The minimum Gasteiger partial charge on any atom is -0.504 e. The van der Waals surface area contributed by atoms with E-state index in [1.807, 2.05) is 0 Å². The number of phenolic OH excluding ortho intramolecular Hbond substituents is 2. The molecule has 10 nitrogen and oxygen atoms in total. The second-order valence-electron chi connectivity index (χ2n) is 6.66. The lowest BCUT2D eigenvalue weighted by molar-refractivity contribution is 0.324. The summed E-state index contributed by atoms with van der Waals surface area (Å²) in [6.45, 7) is 0. The molecule has 0 saturated heterocycles. The van der Waals surface area contributed by atoms with Crippen LogP contribution in [-0.2, 0) is 0 Å². The third kappa shape index (κ3) is 3.22. The van der Waals surface area contributed by atoms with Crippen molar-refractivity contribution in [1.82, 2.24) is 9.97 Å². The van der Waals surface area contributed by atoms with Crippen molar-refractivity contribution >= 4 is 11.1 Å². The molecule has 0 aliphatic heterocycles. The first-order valence-electron chi connectivity index (χ1n) is 9.34. The van der Waals surface area contributed by atoms with E-state index in [2.05, 4.69) is 9.97 Å². The van der Waals surface area contributed by atoms with Crippen molar-refractivity contribution in [3.8, 4) is 56.9 Å². The standard InChI is InChI=1S/C22H20N2O8/c1-28-13-6-5-11(17(25)18(13)26)19-16(12-9-23-22(27)24-21(12)32-19)10-7-14(29-2)20(31-4)15(8-10)30-3/h5-9,25-26H,1-4H3,(H,23,24,27). The number of methoxy groups -OCH3 is 4. The highest BCUT2D eigenvalue weighted by Gasteiger charge is 2.25. The number of nitrogens with zero attached hydrogens (tertiary/aromatic N) is 1. The van der Waals surface area contributed by atoms with Gasteiger partial charge < -0.3 is 33.6 Å². The fourth-order valence-electron chi connectivity index (χ4n) is 3.52. The SMILES string of the molecule is COc1ccc(-c2oc3[nH]c(=O)ncc3c2-c2cc(OC)c(OC)c(OC)c2)c(O)c1O. The number of aromatic nitrogens is 2. The summed E-state index contributed by atoms with van der Waals surface area (Å²) in [5.74, 6) is 0.535. The van der Waals surface area contributed by atoms with Gasteiger partial charge in [-0.3, -0.25) is 4.98 Å². The van der Waals surface area contributed by atoms with Crippen LogP contribution >= 0.6 is 0 Å². The van der Waals surface area contributed by atoms with Crippen LogP contribution in [0.15, 0.2) is 39.7 Å². The molecule has 4 aromatic rings. The Balaban J connectivity index is 2.09. The molecule has 2 aromatic carbocycles. The maximum Gasteiger partial charge on any atom is 0.347 e. The second kappa shape index (κ2) is 8.06. The zero-order valence-electron chi connectivity index (χ0n) is 17.7. The number of phenols is 2. The largest absolute Gasteiger partial charge is 0.504 e. The Labute approximate surface area is 181 Å². The molecule has 0 aliphatic rings. The molecule has 10 heteroatoms. The molecule has 0 aliphatic carbocycles. The van der Waals surface area contributed by atoms with Gasteiger partial charge in [-0.2, -0.15) is 0 Å². The third-order valence-electron chi connectivity index (χ3n) is 5.01. The predicted molar refractivity (Wildman–Crippen MR) is 115 cm³/mol. The summed E-state index contributed by atoms with van der Waals surface area (Å²) < 4.78 is 27.3. The molecule has 0 fully saturated rings. The van der Waals surface area contributed by atoms with E-state index in [1.54, 1.807) is 12.1 Å². The number of furan rings is 1. The highest BCUT2D eigenvalue weighted by atomic mass is 16.5. The molecule has 4 rings (SSSR count). The number of nitrogens with one attached hydrogen (secondary N) is 1. The van der Waals surface area contributed by atoms with Gasteiger partial charge in [-0.15, -0.1) is 0 Å². The van der Waals surface area contributed by atoms with Crippen molar-refractivity contribution in [3.63, 3.8) is 0 Å². The first kappa shape index (κ1) is 20.9. The molecule has 2 aromatic heterocycles. The van der Waals surface area contributed by atoms with Crippen LogP contribution in [0.4, 0.5) is 0 Å². The minimum absolute atomic E-state index is 0.0896. The molecule has 0 amide bonds. The lowest BCUT2D eigenvalue weighted by Crippen LogP contribution is -2.07. The van der Waals surface area contributed by atoms with Crippen LogP contribution < -0.4 is 24.6 Å². The van der Waals surface area contributed by atoms with Crippen molar-refractivity contribution in [3.05, 3.63) is 40.9 Å². The van der Waals surface area contributed by atoms with Crippen LogP contribution in [0.5, 0.6) is 34.5 Å². The fourth-order valence-corrected chi connectivity index (χ4v) is 3.52. The highest BCUT2D eigenvalue weighted by molar-refractivity contribution is 6.01. The van der Waals surface area contributed by atoms with Crippen molar-refractivity contribution in [2.45, 2.75) is 0 Å². The summed E-state index contributed by atoms with van der Waals surface area (Å²) in [5.41, 5.74) is 0.748. The molecule has 0 radical (unpaired) electrons. The molecular weight excluding hydrogens is 420 g/mol. The summed E-state index contributed by atoms with van der Waals surface area (Å²) in [7, 11) is 5.84. The molecule has 166 valence electrons. The van der Waals surface area contributed by atoms with Crippen LogP contribution in [-0.4, -0.2) is 48.6 Å². The van der Waals surface area contributed by atoms with Gasteiger partial charge in [0.15, 0.2) is 23.0 Å². The summed E-state index contributed by atoms with van der Waals surface area (Å²) in [5, 5.41) is 21.4. The molecule has 0 saturated carbocycles. The number of benzene rings is 2. The molecule has 0 unspecified atom stereocenters. The van der Waals surface area contributed by atoms with E-state index < -0.39 is 17.2 Å². The predicted octanol–water partition coefficient (Wildman–Crippen LogP) is 3.30. The van der Waals surface area contributed by atoms with Gasteiger partial charge in [0.2, 0.25) is 17.2 Å². The van der Waals surface area contributed by atoms with Gasteiger partial charge in [0.25, 0.3) is 0 Å². The number of fused-ring (bicyclic) bond motifs is 1. The smallest absolute Gasteiger partial charge is 0.347 e. The molecule has 0 atom stereocenters. The lowest BCUT2D eigenvalue weighted by Gasteiger charge is -2.15. The average Bonchev–Trinajstić information content (AvgIpc) is 3.17. The van der Waals surface area contributed by atoms with E-state index in [-0.39, 0.29) is 22.8 Å². The van der Waals surface area contributed by atoms with Crippen molar-refractivity contribution < 1.29 is 33.6 Å². The maximum atomic E-state index is 11.8. The van der Waals surface area contributed by atoms with Gasteiger partial charge in [0.1, 0.15) is 5.76 Å². The van der Waals surface area contributed by atoms with Crippen LogP contribution in [0.2, 0.25) is 0 Å². The lowest BCUT2D eigenvalue weighted by atomic mass is 9.98. The molecule has 32 heavy (non-hydrogen) atoms. The monoisotopic (exact) mass is 440 g/mol. The van der Waals surface area contributed by atoms with Crippen molar-refractivity contribution in [2.75, 3.05) is 28.4 Å². The van der Waals surface area contributed by atoms with E-state index >= 15 is 0 Å². The van der Waals surface area contributed by atoms with Gasteiger partial charge >= 0.3 is 5.69 Å². The third-order valence-corrected chi connectivity index (χ3v) is 5.01. The number of ether oxygens (including phenoxy) is 4. The summed E-state index contributed by atoms with van der Waals surface area (Å²) in [6, 6.07) is 6.40. The Morgan fingerprint density at radius 3 is 2.16 bits per heavy atom. The molecule has 0 spiro atoms. The highest BCUT2D eigenvalue weighted by Crippen LogP contribution is 2.50. The summed E-state index contributed by atoms with van der Waals surface area (Å²) in [4.78, 5) is 18.1. The minimum atomic E-state index is -0.601. The first-order valence-corrected chi connectivity index (χ1v) is 9.34. The van der Waals surface area contributed by atoms with E-state index in [9.17, 15) is 15.0 Å². The zero-order chi connectivity index (χ0) is 23.0. The maximum absolute atomic E-state index is 11.8. The number of rotatable bonds is 6. The van der Waals surface area contributed by atoms with E-state index in [1.165, 1.54) is 46.8 Å². The Morgan fingerprint density at radius 1 is 0.906 bits per heavy atom. The van der Waals surface area contributed by atoms with E-state index in [0.29, 0.717) is 33.8 Å². The second-order valence-corrected chi connectivity index (χ2v) is 6.66. The van der Waals surface area contributed by atoms with Crippen molar-refractivity contribution in [2.24, 2.45) is 0 Å². The van der Waals surface area contributed by atoms with Gasteiger partial charge in [0.05, 0.1) is 39.4 Å². The van der Waals surface area contributed by atoms with Gasteiger partial charge in [-0.1, -0.05) is 0 Å². The van der Waals surface area contributed by atoms with Crippen molar-refractivity contribution in [1.29, 1.82) is 0 Å². The van der Waals surface area contributed by atoms with Crippen LogP contribution in [0, 0.1) is 0 Å². The molecular formula is C22H20N2O8. The molecule has 3 N–H and O–H groups in total. The van der Waals surface area contributed by atoms with Crippen LogP contribution in [0.1, 0.15) is 0 Å². The number of hydrogen-bond donors (Lipinski definition) is 3. The Hall–Kier alpha value is -4.34. The number of aromatic amines is 1. The normalized spacial score (nSPS) is 10.9. The van der Waals surface area contributed by atoms with E-state index in [4.69, 9.17) is 23.4 Å². The topological polar surface area (TPSA) is 136 Å². The quantitative estimate of drug-likeness (QED) is 0.386. The number of H-pyrrole nitrogens is 1. The van der Waals surface area contributed by atoms with Gasteiger partial charge in [-0.25, -0.2) is 9.78 Å². The summed E-state index contributed by atoms with van der Waals surface area (Å²) in [6.07, 6.45) is 1.36. The van der Waals surface area contributed by atoms with Crippen LogP contribution in [0.25, 0.3) is 33.6 Å². The Kier molecular flexibility index (Phi) is 5.27. The van der Waals surface area contributed by atoms with Gasteiger partial charge in [0, 0.05) is 11.8 Å². The first-order chi connectivity index (χ1) is 15.4.